The molecule has 0 unspecified atom stereocenters. The van der Waals surface area contributed by atoms with Gasteiger partial charge in [-0.3, -0.25) is 14.5 Å². The van der Waals surface area contributed by atoms with Crippen LogP contribution in [0.2, 0.25) is 0 Å². The van der Waals surface area contributed by atoms with Gasteiger partial charge in [0, 0.05) is 13.1 Å². The van der Waals surface area contributed by atoms with Crippen molar-refractivity contribution in [1.82, 2.24) is 4.90 Å². The van der Waals surface area contributed by atoms with E-state index in [4.69, 9.17) is 14.2 Å². The van der Waals surface area contributed by atoms with Crippen LogP contribution in [0.5, 0.6) is 11.5 Å². The third-order valence-electron chi connectivity index (χ3n) is 4.56. The van der Waals surface area contributed by atoms with Crippen LogP contribution in [0.3, 0.4) is 0 Å². The molecular weight excluding hydrogens is 358 g/mol. The standard InChI is InChI=1S/C22H27NO5/c1-22(2,21(25)27-4)23(15-14-20(24)26-3)16-17-10-12-19(13-11-17)28-18-8-6-5-7-9-18/h5-13H,14-16H2,1-4H3. The van der Waals surface area contributed by atoms with Gasteiger partial charge in [0.2, 0.25) is 0 Å². The normalized spacial score (nSPS) is 11.2. The summed E-state index contributed by atoms with van der Waals surface area (Å²) in [6, 6.07) is 17.2. The molecule has 0 saturated heterocycles. The fourth-order valence-corrected chi connectivity index (χ4v) is 2.77. The zero-order chi connectivity index (χ0) is 20.6. The van der Waals surface area contributed by atoms with E-state index in [1.165, 1.54) is 14.2 Å². The number of esters is 2. The lowest BCUT2D eigenvalue weighted by atomic mass is 10.0. The van der Waals surface area contributed by atoms with Crippen molar-refractivity contribution in [3.63, 3.8) is 0 Å². The molecule has 2 aromatic rings. The molecule has 28 heavy (non-hydrogen) atoms. The number of para-hydroxylation sites is 1. The third kappa shape index (κ3) is 5.82. The van der Waals surface area contributed by atoms with Crippen molar-refractivity contribution in [2.24, 2.45) is 0 Å². The molecule has 0 spiro atoms. The Bertz CT molecular complexity index is 771. The zero-order valence-corrected chi connectivity index (χ0v) is 16.8. The second-order valence-electron chi connectivity index (χ2n) is 6.86. The first-order valence-electron chi connectivity index (χ1n) is 9.09. The van der Waals surface area contributed by atoms with Crippen LogP contribution < -0.4 is 4.74 Å². The second kappa shape index (κ2) is 9.90. The van der Waals surface area contributed by atoms with E-state index >= 15 is 0 Å². The average Bonchev–Trinajstić information content (AvgIpc) is 2.71. The van der Waals surface area contributed by atoms with E-state index in [1.54, 1.807) is 13.8 Å². The molecule has 0 saturated carbocycles. The Morgan fingerprint density at radius 1 is 0.893 bits per heavy atom. The minimum absolute atomic E-state index is 0.187. The summed E-state index contributed by atoms with van der Waals surface area (Å²) in [5.41, 5.74) is 0.101. The molecule has 0 aliphatic rings. The molecule has 0 aromatic heterocycles. The minimum Gasteiger partial charge on any atom is -0.469 e. The van der Waals surface area contributed by atoms with Crippen LogP contribution in [-0.2, 0) is 25.6 Å². The van der Waals surface area contributed by atoms with Gasteiger partial charge in [0.1, 0.15) is 17.0 Å². The fourth-order valence-electron chi connectivity index (χ4n) is 2.77. The summed E-state index contributed by atoms with van der Waals surface area (Å²) in [5, 5.41) is 0. The average molecular weight is 385 g/mol. The van der Waals surface area contributed by atoms with Gasteiger partial charge in [0.15, 0.2) is 0 Å². The Labute approximate surface area is 166 Å². The summed E-state index contributed by atoms with van der Waals surface area (Å²) in [7, 11) is 2.71. The van der Waals surface area contributed by atoms with Crippen LogP contribution in [0, 0.1) is 0 Å². The molecule has 0 atom stereocenters. The molecule has 0 amide bonds. The van der Waals surface area contributed by atoms with E-state index in [9.17, 15) is 9.59 Å². The van der Waals surface area contributed by atoms with Gasteiger partial charge < -0.3 is 14.2 Å². The monoisotopic (exact) mass is 385 g/mol. The highest BCUT2D eigenvalue weighted by Gasteiger charge is 2.35. The highest BCUT2D eigenvalue weighted by molar-refractivity contribution is 5.79. The quantitative estimate of drug-likeness (QED) is 0.612. The van der Waals surface area contributed by atoms with Crippen molar-refractivity contribution in [1.29, 1.82) is 0 Å². The van der Waals surface area contributed by atoms with E-state index in [0.29, 0.717) is 13.1 Å². The van der Waals surface area contributed by atoms with Gasteiger partial charge >= 0.3 is 11.9 Å². The van der Waals surface area contributed by atoms with Crippen molar-refractivity contribution in [2.75, 3.05) is 20.8 Å². The van der Waals surface area contributed by atoms with Crippen LogP contribution in [-0.4, -0.2) is 43.1 Å². The lowest BCUT2D eigenvalue weighted by Gasteiger charge is -2.36. The Morgan fingerprint density at radius 2 is 1.50 bits per heavy atom. The minimum atomic E-state index is -0.887. The predicted octanol–water partition coefficient (Wildman–Crippen LogP) is 3.80. The van der Waals surface area contributed by atoms with Crippen molar-refractivity contribution >= 4 is 11.9 Å². The summed E-state index contributed by atoms with van der Waals surface area (Å²) < 4.78 is 15.5. The molecule has 150 valence electrons. The maximum Gasteiger partial charge on any atom is 0.325 e. The first-order chi connectivity index (χ1) is 13.4. The number of nitrogens with zero attached hydrogens (tertiary/aromatic N) is 1. The molecule has 0 heterocycles. The predicted molar refractivity (Wildman–Crippen MR) is 106 cm³/mol. The first-order valence-corrected chi connectivity index (χ1v) is 9.09. The maximum atomic E-state index is 12.2. The van der Waals surface area contributed by atoms with Gasteiger partial charge in [0.25, 0.3) is 0 Å². The van der Waals surface area contributed by atoms with Crippen molar-refractivity contribution in [3.8, 4) is 11.5 Å². The summed E-state index contributed by atoms with van der Waals surface area (Å²) in [4.78, 5) is 25.7. The number of ether oxygens (including phenoxy) is 3. The Morgan fingerprint density at radius 3 is 2.07 bits per heavy atom. The van der Waals surface area contributed by atoms with E-state index in [1.807, 2.05) is 59.5 Å². The number of rotatable bonds is 9. The largest absolute Gasteiger partial charge is 0.469 e. The van der Waals surface area contributed by atoms with Gasteiger partial charge in [-0.05, 0) is 43.7 Å². The van der Waals surface area contributed by atoms with Crippen LogP contribution in [0.4, 0.5) is 0 Å². The molecule has 0 aliphatic carbocycles. The molecule has 0 N–H and O–H groups in total. The Balaban J connectivity index is 2.11. The number of hydrogen-bond acceptors (Lipinski definition) is 6. The highest BCUT2D eigenvalue weighted by Crippen LogP contribution is 2.24. The number of benzene rings is 2. The van der Waals surface area contributed by atoms with Crippen LogP contribution in [0.1, 0.15) is 25.8 Å². The second-order valence-corrected chi connectivity index (χ2v) is 6.86. The fraction of sp³-hybridized carbons (Fsp3) is 0.364. The van der Waals surface area contributed by atoms with Crippen LogP contribution in [0.25, 0.3) is 0 Å². The van der Waals surface area contributed by atoms with Gasteiger partial charge in [-0.1, -0.05) is 30.3 Å². The third-order valence-corrected chi connectivity index (χ3v) is 4.56. The summed E-state index contributed by atoms with van der Waals surface area (Å²) in [6.45, 7) is 4.41. The molecule has 2 aromatic carbocycles. The van der Waals surface area contributed by atoms with E-state index < -0.39 is 5.54 Å². The molecule has 0 radical (unpaired) electrons. The molecule has 0 aliphatic heterocycles. The number of carbonyl (C=O) groups is 2. The molecule has 6 nitrogen and oxygen atoms in total. The lowest BCUT2D eigenvalue weighted by molar-refractivity contribution is -0.155. The lowest BCUT2D eigenvalue weighted by Crippen LogP contribution is -2.51. The maximum absolute atomic E-state index is 12.2. The summed E-state index contributed by atoms with van der Waals surface area (Å²) >= 11 is 0. The van der Waals surface area contributed by atoms with Crippen molar-refractivity contribution < 1.29 is 23.8 Å². The summed E-state index contributed by atoms with van der Waals surface area (Å²) in [5.74, 6) is 0.809. The Kier molecular flexibility index (Phi) is 7.58. The molecule has 2 rings (SSSR count). The Hall–Kier alpha value is -2.86. The molecule has 6 heteroatoms. The van der Waals surface area contributed by atoms with E-state index in [0.717, 1.165) is 17.1 Å². The van der Waals surface area contributed by atoms with Crippen LogP contribution >= 0.6 is 0 Å². The van der Waals surface area contributed by atoms with Gasteiger partial charge in [-0.15, -0.1) is 0 Å². The summed E-state index contributed by atoms with van der Waals surface area (Å²) in [6.07, 6.45) is 0.187. The van der Waals surface area contributed by atoms with Gasteiger partial charge in [0.05, 0.1) is 20.6 Å². The van der Waals surface area contributed by atoms with Crippen molar-refractivity contribution in [2.45, 2.75) is 32.4 Å². The molecule has 0 fully saturated rings. The molecular formula is C22H27NO5. The SMILES string of the molecule is COC(=O)CCN(Cc1ccc(Oc2ccccc2)cc1)C(C)(C)C(=O)OC. The van der Waals surface area contributed by atoms with Gasteiger partial charge in [-0.25, -0.2) is 0 Å². The number of hydrogen-bond donors (Lipinski definition) is 0. The van der Waals surface area contributed by atoms with Crippen LogP contribution in [0.15, 0.2) is 54.6 Å². The van der Waals surface area contributed by atoms with Crippen molar-refractivity contribution in [3.05, 3.63) is 60.2 Å². The smallest absolute Gasteiger partial charge is 0.325 e. The van der Waals surface area contributed by atoms with E-state index in [-0.39, 0.29) is 18.4 Å². The topological polar surface area (TPSA) is 65.1 Å². The number of methoxy groups -OCH3 is 2. The molecule has 0 bridgehead atoms. The van der Waals surface area contributed by atoms with E-state index in [2.05, 4.69) is 0 Å². The zero-order valence-electron chi connectivity index (χ0n) is 16.8. The van der Waals surface area contributed by atoms with Gasteiger partial charge in [-0.2, -0.15) is 0 Å². The highest BCUT2D eigenvalue weighted by atomic mass is 16.5. The number of carbonyl (C=O) groups excluding carboxylic acids is 2. The first kappa shape index (κ1) is 21.4.